The summed E-state index contributed by atoms with van der Waals surface area (Å²) in [6, 6.07) is 8.38. The number of ether oxygens (including phenoxy) is 1. The molecule has 5 rings (SSSR count). The second-order valence-corrected chi connectivity index (χ2v) is 13.4. The van der Waals surface area contributed by atoms with Crippen molar-refractivity contribution in [2.24, 2.45) is 16.7 Å². The van der Waals surface area contributed by atoms with Crippen LogP contribution in [0.1, 0.15) is 39.2 Å². The molecule has 6 nitrogen and oxygen atoms in total. The summed E-state index contributed by atoms with van der Waals surface area (Å²) < 4.78 is 58.9. The number of hydrogen-bond donors (Lipinski definition) is 0. The van der Waals surface area contributed by atoms with Gasteiger partial charge < -0.3 is 9.64 Å². The lowest BCUT2D eigenvalue weighted by Gasteiger charge is -2.31. The van der Waals surface area contributed by atoms with Crippen LogP contribution in [0.3, 0.4) is 0 Å². The SMILES string of the molecule is CCc1cnc(N2C[C@]3(C)C[C@H](COc4c(F)cc(-c5ccc(S(C)(=O)=O)cc5)cc4F)C[C@]3(C)C2)nc1. The van der Waals surface area contributed by atoms with Crippen molar-refractivity contribution in [3.8, 4) is 16.9 Å². The minimum atomic E-state index is -3.35. The van der Waals surface area contributed by atoms with E-state index in [1.54, 1.807) is 0 Å². The highest BCUT2D eigenvalue weighted by Crippen LogP contribution is 2.59. The van der Waals surface area contributed by atoms with Gasteiger partial charge in [-0.2, -0.15) is 0 Å². The summed E-state index contributed by atoms with van der Waals surface area (Å²) in [7, 11) is -3.35. The van der Waals surface area contributed by atoms with Gasteiger partial charge in [-0.3, -0.25) is 0 Å². The molecule has 2 fully saturated rings. The fourth-order valence-corrected chi connectivity index (χ4v) is 6.79. The first-order valence-electron chi connectivity index (χ1n) is 12.9. The van der Waals surface area contributed by atoms with E-state index in [9.17, 15) is 17.2 Å². The normalized spacial score (nSPS) is 25.0. The molecular formula is C29H33F2N3O3S. The van der Waals surface area contributed by atoms with E-state index in [1.807, 2.05) is 12.4 Å². The first-order valence-corrected chi connectivity index (χ1v) is 14.8. The van der Waals surface area contributed by atoms with Gasteiger partial charge in [0.15, 0.2) is 27.2 Å². The van der Waals surface area contributed by atoms with Gasteiger partial charge in [0.2, 0.25) is 5.95 Å². The average molecular weight is 542 g/mol. The Kier molecular flexibility index (Phi) is 6.70. The molecule has 1 saturated carbocycles. The second kappa shape index (κ2) is 9.59. The van der Waals surface area contributed by atoms with E-state index >= 15 is 0 Å². The molecule has 0 spiro atoms. The molecule has 1 aliphatic carbocycles. The number of anilines is 1. The smallest absolute Gasteiger partial charge is 0.225 e. The van der Waals surface area contributed by atoms with Crippen molar-refractivity contribution in [2.45, 2.75) is 44.9 Å². The fraction of sp³-hybridized carbons (Fsp3) is 0.448. The maximum absolute atomic E-state index is 14.9. The summed E-state index contributed by atoms with van der Waals surface area (Å²) in [5.41, 5.74) is 1.99. The van der Waals surface area contributed by atoms with Crippen LogP contribution in [0.4, 0.5) is 14.7 Å². The highest BCUT2D eigenvalue weighted by atomic mass is 32.2. The lowest BCUT2D eigenvalue weighted by molar-refractivity contribution is 0.184. The molecule has 2 aliphatic rings. The molecule has 0 amide bonds. The molecule has 1 saturated heterocycles. The van der Waals surface area contributed by atoms with Crippen LogP contribution < -0.4 is 9.64 Å². The molecule has 3 atom stereocenters. The highest BCUT2D eigenvalue weighted by molar-refractivity contribution is 7.90. The van der Waals surface area contributed by atoms with Gasteiger partial charge in [0.05, 0.1) is 11.5 Å². The van der Waals surface area contributed by atoms with E-state index in [4.69, 9.17) is 4.74 Å². The Morgan fingerprint density at radius 3 is 2.03 bits per heavy atom. The third-order valence-corrected chi connectivity index (χ3v) is 9.60. The van der Waals surface area contributed by atoms with Crippen molar-refractivity contribution in [3.05, 3.63) is 66.0 Å². The number of fused-ring (bicyclic) bond motifs is 1. The number of halogens is 2. The Bertz CT molecular complexity index is 1400. The minimum Gasteiger partial charge on any atom is -0.487 e. The van der Waals surface area contributed by atoms with Crippen molar-refractivity contribution >= 4 is 15.8 Å². The molecule has 2 aromatic carbocycles. The number of sulfone groups is 1. The van der Waals surface area contributed by atoms with Crippen LogP contribution in [0.25, 0.3) is 11.1 Å². The van der Waals surface area contributed by atoms with E-state index in [2.05, 4.69) is 35.6 Å². The fourth-order valence-electron chi connectivity index (χ4n) is 6.16. The first kappa shape index (κ1) is 26.5. The van der Waals surface area contributed by atoms with Crippen LogP contribution in [0.15, 0.2) is 53.7 Å². The van der Waals surface area contributed by atoms with Crippen LogP contribution in [-0.4, -0.2) is 44.3 Å². The molecule has 0 unspecified atom stereocenters. The Morgan fingerprint density at radius 2 is 1.53 bits per heavy atom. The number of aryl methyl sites for hydroxylation is 1. The van der Waals surface area contributed by atoms with Gasteiger partial charge in [-0.15, -0.1) is 0 Å². The second-order valence-electron chi connectivity index (χ2n) is 11.4. The van der Waals surface area contributed by atoms with Gasteiger partial charge >= 0.3 is 0 Å². The van der Waals surface area contributed by atoms with Crippen LogP contribution in [0, 0.1) is 28.4 Å². The van der Waals surface area contributed by atoms with Gasteiger partial charge in [-0.1, -0.05) is 32.9 Å². The quantitative estimate of drug-likeness (QED) is 0.382. The maximum Gasteiger partial charge on any atom is 0.225 e. The third-order valence-electron chi connectivity index (χ3n) is 8.48. The van der Waals surface area contributed by atoms with E-state index in [0.29, 0.717) is 11.1 Å². The molecule has 3 aromatic rings. The molecule has 0 N–H and O–H groups in total. The van der Waals surface area contributed by atoms with E-state index in [-0.39, 0.29) is 34.0 Å². The third kappa shape index (κ3) is 4.88. The minimum absolute atomic E-state index is 0.0207. The number of benzene rings is 2. The van der Waals surface area contributed by atoms with Gasteiger partial charge in [0.25, 0.3) is 0 Å². The van der Waals surface area contributed by atoms with Crippen LogP contribution in [0.2, 0.25) is 0 Å². The van der Waals surface area contributed by atoms with Crippen LogP contribution >= 0.6 is 0 Å². The highest BCUT2D eigenvalue weighted by Gasteiger charge is 2.58. The Balaban J connectivity index is 1.25. The van der Waals surface area contributed by atoms with Gasteiger partial charge in [0, 0.05) is 31.7 Å². The molecule has 2 heterocycles. The summed E-state index contributed by atoms with van der Waals surface area (Å²) in [4.78, 5) is 11.5. The summed E-state index contributed by atoms with van der Waals surface area (Å²) in [5, 5.41) is 0. The molecule has 9 heteroatoms. The van der Waals surface area contributed by atoms with Crippen molar-refractivity contribution in [1.29, 1.82) is 0 Å². The Labute approximate surface area is 223 Å². The summed E-state index contributed by atoms with van der Waals surface area (Å²) in [6.45, 7) is 8.54. The first-order chi connectivity index (χ1) is 17.9. The zero-order valence-electron chi connectivity index (χ0n) is 22.2. The number of rotatable bonds is 7. The van der Waals surface area contributed by atoms with Crippen LogP contribution in [-0.2, 0) is 16.3 Å². The lowest BCUT2D eigenvalue weighted by Crippen LogP contribution is -2.30. The van der Waals surface area contributed by atoms with Crippen molar-refractivity contribution in [3.63, 3.8) is 0 Å². The molecule has 38 heavy (non-hydrogen) atoms. The summed E-state index contributed by atoms with van der Waals surface area (Å²) >= 11 is 0. The van der Waals surface area contributed by atoms with E-state index in [0.717, 1.165) is 50.1 Å². The predicted molar refractivity (Wildman–Crippen MR) is 143 cm³/mol. The molecule has 0 radical (unpaired) electrons. The lowest BCUT2D eigenvalue weighted by atomic mass is 9.71. The number of aromatic nitrogens is 2. The predicted octanol–water partition coefficient (Wildman–Crippen LogP) is 5.71. The maximum atomic E-state index is 14.9. The van der Waals surface area contributed by atoms with Gasteiger partial charge in [-0.05, 0) is 77.0 Å². The molecule has 1 aromatic heterocycles. The topological polar surface area (TPSA) is 72.4 Å². The number of nitrogens with zero attached hydrogens (tertiary/aromatic N) is 3. The zero-order valence-corrected chi connectivity index (χ0v) is 23.0. The monoisotopic (exact) mass is 541 g/mol. The molecule has 0 bridgehead atoms. The van der Waals surface area contributed by atoms with Crippen LogP contribution in [0.5, 0.6) is 5.75 Å². The van der Waals surface area contributed by atoms with Crippen molar-refractivity contribution in [2.75, 3.05) is 30.9 Å². The summed E-state index contributed by atoms with van der Waals surface area (Å²) in [5.74, 6) is -0.997. The number of hydrogen-bond acceptors (Lipinski definition) is 6. The van der Waals surface area contributed by atoms with Crippen molar-refractivity contribution in [1.82, 2.24) is 9.97 Å². The van der Waals surface area contributed by atoms with E-state index in [1.165, 1.54) is 36.4 Å². The Morgan fingerprint density at radius 1 is 0.974 bits per heavy atom. The van der Waals surface area contributed by atoms with E-state index < -0.39 is 21.5 Å². The largest absolute Gasteiger partial charge is 0.487 e. The Hall–Kier alpha value is -3.07. The van der Waals surface area contributed by atoms with Crippen molar-refractivity contribution < 1.29 is 21.9 Å². The van der Waals surface area contributed by atoms with Gasteiger partial charge in [0.1, 0.15) is 0 Å². The molecular weight excluding hydrogens is 508 g/mol. The molecule has 1 aliphatic heterocycles. The summed E-state index contributed by atoms with van der Waals surface area (Å²) in [6.07, 6.45) is 7.57. The average Bonchev–Trinajstić information content (AvgIpc) is 3.26. The van der Waals surface area contributed by atoms with Gasteiger partial charge in [-0.25, -0.2) is 27.2 Å². The molecule has 202 valence electrons. The standard InChI is InChI=1S/C29H33F2N3O3S/c1-5-19-14-32-27(33-15-19)34-17-28(2)12-20(13-29(28,3)18-34)16-37-26-24(30)10-22(11-25(26)31)21-6-8-23(9-7-21)38(4,35)36/h6-11,14-15,20H,5,12-13,16-18H2,1-4H3/t20-,28-,29+. The zero-order chi connectivity index (χ0) is 27.3.